The molecule has 0 saturated carbocycles. The van der Waals surface area contributed by atoms with E-state index in [2.05, 4.69) is 120 Å². The van der Waals surface area contributed by atoms with E-state index in [0.717, 1.165) is 25.8 Å². The normalized spacial score (nSPS) is 8.60. The van der Waals surface area contributed by atoms with Crippen molar-refractivity contribution in [1.82, 2.24) is 0 Å². The fourth-order valence-electron chi connectivity index (χ4n) is 3.62. The summed E-state index contributed by atoms with van der Waals surface area (Å²) in [6.07, 6.45) is 10.3. The van der Waals surface area contributed by atoms with Crippen molar-refractivity contribution in [2.24, 2.45) is 20.5 Å². The number of rotatable bonds is 6. The maximum atomic E-state index is 8.05. The van der Waals surface area contributed by atoms with E-state index in [1.54, 1.807) is 98.4 Å². The number of nitrogens with zero attached hydrogens (tertiary/aromatic N) is 12. The van der Waals surface area contributed by atoms with Gasteiger partial charge < -0.3 is 0 Å². The van der Waals surface area contributed by atoms with E-state index in [1.807, 2.05) is 121 Å². The van der Waals surface area contributed by atoms with Gasteiger partial charge in [0.05, 0.1) is 6.54 Å². The Bertz CT molecular complexity index is 2270. The molecule has 6 aromatic rings. The Balaban J connectivity index is 0.000000361. The summed E-state index contributed by atoms with van der Waals surface area (Å²) in [7, 11) is 0. The van der Waals surface area contributed by atoms with Gasteiger partial charge in [-0.05, 0) is 133 Å². The first-order valence-electron chi connectivity index (χ1n) is 16.5. The van der Waals surface area contributed by atoms with E-state index >= 15 is 0 Å². The van der Waals surface area contributed by atoms with Crippen molar-refractivity contribution in [2.45, 2.75) is 13.1 Å². The van der Waals surface area contributed by atoms with Gasteiger partial charge >= 0.3 is 224 Å². The summed E-state index contributed by atoms with van der Waals surface area (Å²) in [6, 6.07) is 46.5. The number of benzene rings is 6. The van der Waals surface area contributed by atoms with Crippen LogP contribution < -0.4 is 9.81 Å². The molecule has 60 heavy (non-hydrogen) atoms. The van der Waals surface area contributed by atoms with Gasteiger partial charge in [-0.2, -0.15) is 0 Å². The summed E-state index contributed by atoms with van der Waals surface area (Å²) in [5.41, 5.74) is 37.5. The first kappa shape index (κ1) is 54.5. The summed E-state index contributed by atoms with van der Waals surface area (Å²) in [4.78, 5) is 10.7. The van der Waals surface area contributed by atoms with Crippen molar-refractivity contribution in [3.8, 4) is 24.7 Å². The molecule has 0 heterocycles. The average molecular weight is 1710 g/mol. The van der Waals surface area contributed by atoms with Gasteiger partial charge in [-0.25, -0.2) is 0 Å². The van der Waals surface area contributed by atoms with Crippen molar-refractivity contribution in [2.75, 3.05) is 0 Å². The van der Waals surface area contributed by atoms with Crippen LogP contribution in [0.4, 0.5) is 11.4 Å². The molecule has 12 nitrogen and oxygen atoms in total. The topological polar surface area (TPSA) is 195 Å². The summed E-state index contributed by atoms with van der Waals surface area (Å²) in [6.45, 7) is 0.885. The Hall–Kier alpha value is -3.48. The molecule has 0 bridgehead atoms. The van der Waals surface area contributed by atoms with Gasteiger partial charge in [-0.3, -0.25) is 0 Å². The number of hydrogen-bond donors (Lipinski definition) is 0. The van der Waals surface area contributed by atoms with Crippen molar-refractivity contribution >= 4 is 89.0 Å². The van der Waals surface area contributed by atoms with E-state index in [9.17, 15) is 0 Å². The summed E-state index contributed by atoms with van der Waals surface area (Å²) in [5, 5.41) is 13.8. The predicted octanol–water partition coefficient (Wildman–Crippen LogP) is 12.9. The third-order valence-electron chi connectivity index (χ3n) is 6.45. The van der Waals surface area contributed by atoms with Gasteiger partial charge in [0.25, 0.3) is 0 Å². The molecule has 0 aromatic heterocycles. The molecule has 300 valence electrons. The quantitative estimate of drug-likeness (QED) is 0.0504. The molecule has 18 heteroatoms. The Kier molecular flexibility index (Phi) is 31.9. The van der Waals surface area contributed by atoms with Gasteiger partial charge in [-0.1, -0.05) is 40.4 Å². The zero-order valence-corrected chi connectivity index (χ0v) is 46.3. The second-order valence-electron chi connectivity index (χ2n) is 10.7. The Labute approximate surface area is 435 Å². The van der Waals surface area contributed by atoms with Crippen molar-refractivity contribution in [3.05, 3.63) is 220 Å². The van der Waals surface area contributed by atoms with E-state index in [4.69, 9.17) is 35.0 Å². The molecule has 0 amide bonds. The van der Waals surface area contributed by atoms with E-state index in [-0.39, 0.29) is 0 Å². The fraction of sp³-hybridized carbons (Fsp3) is 0.0476. The molecular weight excluding hydrogens is 1680 g/mol. The van der Waals surface area contributed by atoms with Crippen molar-refractivity contribution < 1.29 is 74.2 Å². The molecule has 0 N–H and O–H groups in total. The van der Waals surface area contributed by atoms with Crippen LogP contribution in [0.2, 0.25) is 0 Å². The molecule has 0 aliphatic carbocycles. The van der Waals surface area contributed by atoms with Crippen LogP contribution in [0.5, 0.6) is 0 Å². The van der Waals surface area contributed by atoms with Crippen molar-refractivity contribution in [1.29, 1.82) is 0 Å². The number of halogens is 3. The van der Waals surface area contributed by atoms with Gasteiger partial charge in [0.15, 0.2) is 0 Å². The molecule has 6 aromatic carbocycles. The molecule has 6 rings (SSSR count). The van der Waals surface area contributed by atoms with E-state index < -0.39 is 0 Å². The summed E-state index contributed by atoms with van der Waals surface area (Å²) in [5.74, 6) is 5.11. The van der Waals surface area contributed by atoms with E-state index in [0.29, 0.717) is 24.5 Å². The van der Waals surface area contributed by atoms with Gasteiger partial charge in [0.1, 0.15) is 0 Å². The first-order chi connectivity index (χ1) is 29.0. The van der Waals surface area contributed by atoms with E-state index in [1.165, 1.54) is 17.0 Å². The summed E-state index contributed by atoms with van der Waals surface area (Å²) < 4.78 is 7.33. The SMILES string of the molecule is C#Cc1ccc([125I])cc1.C#Cc1ccc([211At])cc1.[N-]=[N+]=NCc1ccc([125I])cc1.[N-]=[N+]=NCc1ccc([211At])cc1.[N-]=[N+]=Nc1ccc([125I])cc1.[N-]=[N+]=Nc1ccc([211At])cc1. The molecule has 0 fully saturated rings. The van der Waals surface area contributed by atoms with Crippen LogP contribution in [0.1, 0.15) is 22.3 Å². The van der Waals surface area contributed by atoms with Crippen LogP contribution in [0, 0.1) is 110 Å². The molecule has 0 unspecified atom stereocenters. The molecule has 0 radical (unpaired) electrons. The monoisotopic (exact) mass is 1710 g/mol. The molecule has 0 aliphatic rings. The second kappa shape index (κ2) is 35.1. The van der Waals surface area contributed by atoms with Gasteiger partial charge in [0, 0.05) is 31.8 Å². The van der Waals surface area contributed by atoms with Crippen LogP contribution in [0.15, 0.2) is 166 Å². The molecule has 0 saturated heterocycles. The van der Waals surface area contributed by atoms with Gasteiger partial charge in [-0.15, -0.1) is 6.42 Å². The standard InChI is InChI=1S/C8H5At.C8H5I.C7H6AtN3.C7H6IN3.C6H4AtN3.C6H4IN3/c2*1-2-7-3-5-8(9)6-4-7;2*8-7-3-1-6(2-4-7)5-10-11-9;2*7-5-1-3-6(4-2-5)9-10-8/h2*1,3-6H;2*1-4H,5H2;2*1-4H/i9+1;9-2;8+1;8-2;7+1;7-2. The third kappa shape index (κ3) is 28.1. The fourth-order valence-corrected chi connectivity index (χ4v) is 6.17. The Morgan fingerprint density at radius 3 is 1.02 bits per heavy atom. The maximum absolute atomic E-state index is 8.05. The summed E-state index contributed by atoms with van der Waals surface area (Å²) >= 11 is 11.6. The van der Waals surface area contributed by atoms with Crippen molar-refractivity contribution in [3.63, 3.8) is 0 Å². The molecule has 0 spiro atoms. The number of hydrogen-bond acceptors (Lipinski definition) is 4. The third-order valence-corrected chi connectivity index (χ3v) is 11.6. The first-order valence-corrected chi connectivity index (χ1v) is 24.2. The van der Waals surface area contributed by atoms with Crippen LogP contribution in [-0.4, -0.2) is 0 Å². The van der Waals surface area contributed by atoms with Crippen LogP contribution in [-0.2, 0) is 13.1 Å². The van der Waals surface area contributed by atoms with Crippen LogP contribution in [0.3, 0.4) is 0 Å². The Morgan fingerprint density at radius 2 is 0.683 bits per heavy atom. The molecule has 0 atom stereocenters. The minimum atomic E-state index is 0.438. The zero-order chi connectivity index (χ0) is 44.4. The zero-order valence-electron chi connectivity index (χ0n) is 31.1. The van der Waals surface area contributed by atoms with Crippen LogP contribution in [0.25, 0.3) is 41.8 Å². The number of azide groups is 4. The number of terminal acetylenes is 2. The predicted molar refractivity (Wildman–Crippen MR) is 255 cm³/mol. The average Bonchev–Trinajstić information content (AvgIpc) is 3.27. The second-order valence-corrected chi connectivity index (χ2v) is 19.5. The molecular formula is C42H30At3I3N12. The Morgan fingerprint density at radius 1 is 0.417 bits per heavy atom. The van der Waals surface area contributed by atoms with Gasteiger partial charge in [0.2, 0.25) is 0 Å². The van der Waals surface area contributed by atoms with Crippen LogP contribution >= 0.6 is 67.8 Å². The minimum absolute atomic E-state index is 0.438. The molecule has 0 aliphatic heterocycles.